The summed E-state index contributed by atoms with van der Waals surface area (Å²) in [5, 5.41) is 0. The molecule has 1 saturated carbocycles. The molecule has 3 rings (SSSR count). The number of rotatable bonds is 6. The number of carbonyl (C=O) groups is 1. The minimum Gasteiger partial charge on any atom is -0.497 e. The fraction of sp³-hybridized carbons (Fsp3) is 0.650. The van der Waals surface area contributed by atoms with Gasteiger partial charge in [0.1, 0.15) is 5.75 Å². The lowest BCUT2D eigenvalue weighted by Crippen LogP contribution is -2.64. The number of anilines is 1. The van der Waals surface area contributed by atoms with Crippen LogP contribution in [0.1, 0.15) is 58.3 Å². The molecule has 1 aliphatic carbocycles. The maximum Gasteiger partial charge on any atom is 0.232 e. The molecule has 1 heterocycles. The van der Waals surface area contributed by atoms with Crippen LogP contribution in [-0.2, 0) is 4.79 Å². The number of nitrogens with zero attached hydrogens (tertiary/aromatic N) is 1. The standard InChI is InChI=1S/C20H29NO2/c1-3-4-10-18-19(15-8-6-5-7-9-15)21(20(18)22)16-11-13-17(23-2)14-12-16/h11-15,18-19H,3-10H2,1-2H3/t18-,19-/m0/s1. The van der Waals surface area contributed by atoms with Crippen LogP contribution in [0.3, 0.4) is 0 Å². The van der Waals surface area contributed by atoms with Crippen molar-refractivity contribution in [2.75, 3.05) is 12.0 Å². The minimum atomic E-state index is 0.250. The molecule has 23 heavy (non-hydrogen) atoms. The number of hydrogen-bond acceptors (Lipinski definition) is 2. The van der Waals surface area contributed by atoms with Gasteiger partial charge in [-0.2, -0.15) is 0 Å². The summed E-state index contributed by atoms with van der Waals surface area (Å²) in [4.78, 5) is 14.8. The Hall–Kier alpha value is -1.51. The van der Waals surface area contributed by atoms with Gasteiger partial charge in [-0.1, -0.05) is 39.0 Å². The van der Waals surface area contributed by atoms with Gasteiger partial charge in [0.2, 0.25) is 5.91 Å². The normalized spacial score (nSPS) is 25.3. The van der Waals surface area contributed by atoms with Gasteiger partial charge in [-0.15, -0.1) is 0 Å². The molecule has 0 bridgehead atoms. The number of ether oxygens (including phenoxy) is 1. The van der Waals surface area contributed by atoms with Crippen LogP contribution in [0, 0.1) is 11.8 Å². The summed E-state index contributed by atoms with van der Waals surface area (Å²) in [6, 6.07) is 8.40. The van der Waals surface area contributed by atoms with Crippen molar-refractivity contribution in [2.45, 2.75) is 64.3 Å². The molecule has 126 valence electrons. The van der Waals surface area contributed by atoms with Crippen LogP contribution in [0.2, 0.25) is 0 Å². The average Bonchev–Trinajstić information content (AvgIpc) is 2.61. The highest BCUT2D eigenvalue weighted by molar-refractivity contribution is 6.03. The van der Waals surface area contributed by atoms with Crippen molar-refractivity contribution in [3.8, 4) is 5.75 Å². The Bertz CT molecular complexity index is 519. The maximum absolute atomic E-state index is 12.8. The summed E-state index contributed by atoms with van der Waals surface area (Å²) in [6.07, 6.45) is 9.97. The first-order chi connectivity index (χ1) is 11.3. The molecule has 0 aromatic heterocycles. The lowest BCUT2D eigenvalue weighted by Gasteiger charge is -2.52. The van der Waals surface area contributed by atoms with Crippen molar-refractivity contribution in [1.82, 2.24) is 0 Å². The van der Waals surface area contributed by atoms with Crippen LogP contribution < -0.4 is 9.64 Å². The van der Waals surface area contributed by atoms with E-state index in [2.05, 4.69) is 11.8 Å². The summed E-state index contributed by atoms with van der Waals surface area (Å²) in [6.45, 7) is 2.21. The van der Waals surface area contributed by atoms with E-state index in [0.717, 1.165) is 24.3 Å². The third-order valence-corrected chi connectivity index (χ3v) is 5.62. The Balaban J connectivity index is 1.79. The summed E-state index contributed by atoms with van der Waals surface area (Å²) >= 11 is 0. The van der Waals surface area contributed by atoms with E-state index in [1.807, 2.05) is 24.3 Å². The van der Waals surface area contributed by atoms with Gasteiger partial charge in [0, 0.05) is 5.69 Å². The fourth-order valence-corrected chi connectivity index (χ4v) is 4.34. The van der Waals surface area contributed by atoms with E-state index in [9.17, 15) is 4.79 Å². The quantitative estimate of drug-likeness (QED) is 0.706. The number of amides is 1. The molecule has 1 amide bonds. The van der Waals surface area contributed by atoms with Crippen molar-refractivity contribution in [3.05, 3.63) is 24.3 Å². The van der Waals surface area contributed by atoms with Gasteiger partial charge in [-0.3, -0.25) is 4.79 Å². The number of benzene rings is 1. The van der Waals surface area contributed by atoms with Crippen LogP contribution in [0.4, 0.5) is 5.69 Å². The largest absolute Gasteiger partial charge is 0.497 e. The number of β-lactam (4-membered cyclic amide) rings is 1. The first-order valence-corrected chi connectivity index (χ1v) is 9.23. The highest BCUT2D eigenvalue weighted by Crippen LogP contribution is 2.44. The molecule has 3 nitrogen and oxygen atoms in total. The van der Waals surface area contributed by atoms with Crippen LogP contribution in [0.25, 0.3) is 0 Å². The van der Waals surface area contributed by atoms with Crippen molar-refractivity contribution in [1.29, 1.82) is 0 Å². The van der Waals surface area contributed by atoms with Crippen LogP contribution in [0.15, 0.2) is 24.3 Å². The van der Waals surface area contributed by atoms with Gasteiger partial charge in [0.25, 0.3) is 0 Å². The SMILES string of the molecule is CCCC[C@@H]1C(=O)N(c2ccc(OC)cc2)[C@H]1C1CCCCC1. The molecule has 2 fully saturated rings. The monoisotopic (exact) mass is 315 g/mol. The van der Waals surface area contributed by atoms with E-state index in [0.29, 0.717) is 17.9 Å². The Kier molecular flexibility index (Phi) is 5.24. The predicted octanol–water partition coefficient (Wildman–Crippen LogP) is 4.80. The number of hydrogen-bond donors (Lipinski definition) is 0. The molecular formula is C20H29NO2. The second-order valence-electron chi connectivity index (χ2n) is 7.04. The van der Waals surface area contributed by atoms with Gasteiger partial charge in [0.15, 0.2) is 0 Å². The molecule has 1 aromatic carbocycles. The van der Waals surface area contributed by atoms with Crippen molar-refractivity contribution in [3.63, 3.8) is 0 Å². The number of unbranched alkanes of at least 4 members (excludes halogenated alkanes) is 1. The summed E-state index contributed by atoms with van der Waals surface area (Å²) in [5.41, 5.74) is 1.04. The third-order valence-electron chi connectivity index (χ3n) is 5.62. The number of carbonyl (C=O) groups excluding carboxylic acids is 1. The molecule has 0 unspecified atom stereocenters. The van der Waals surface area contributed by atoms with Crippen molar-refractivity contribution in [2.24, 2.45) is 11.8 Å². The van der Waals surface area contributed by atoms with Crippen molar-refractivity contribution >= 4 is 11.6 Å². The predicted molar refractivity (Wildman–Crippen MR) is 93.9 cm³/mol. The van der Waals surface area contributed by atoms with Gasteiger partial charge >= 0.3 is 0 Å². The van der Waals surface area contributed by atoms with Crippen molar-refractivity contribution < 1.29 is 9.53 Å². The summed E-state index contributed by atoms with van der Waals surface area (Å²) in [7, 11) is 1.68. The Morgan fingerprint density at radius 3 is 2.43 bits per heavy atom. The average molecular weight is 315 g/mol. The topological polar surface area (TPSA) is 29.5 Å². The lowest BCUT2D eigenvalue weighted by molar-refractivity contribution is -0.132. The Labute approximate surface area is 140 Å². The van der Waals surface area contributed by atoms with Crippen LogP contribution in [-0.4, -0.2) is 19.1 Å². The van der Waals surface area contributed by atoms with E-state index in [-0.39, 0.29) is 5.92 Å². The zero-order chi connectivity index (χ0) is 16.2. The van der Waals surface area contributed by atoms with Crippen LogP contribution in [0.5, 0.6) is 5.75 Å². The smallest absolute Gasteiger partial charge is 0.232 e. The van der Waals surface area contributed by atoms with E-state index in [4.69, 9.17) is 4.74 Å². The molecular weight excluding hydrogens is 286 g/mol. The second kappa shape index (κ2) is 7.37. The molecule has 2 atom stereocenters. The highest BCUT2D eigenvalue weighted by atomic mass is 16.5. The molecule has 0 radical (unpaired) electrons. The molecule has 1 aliphatic heterocycles. The van der Waals surface area contributed by atoms with E-state index in [1.165, 1.54) is 38.5 Å². The van der Waals surface area contributed by atoms with Gasteiger partial charge < -0.3 is 9.64 Å². The Morgan fingerprint density at radius 2 is 1.83 bits per heavy atom. The highest BCUT2D eigenvalue weighted by Gasteiger charge is 2.50. The Morgan fingerprint density at radius 1 is 1.13 bits per heavy atom. The van der Waals surface area contributed by atoms with E-state index < -0.39 is 0 Å². The second-order valence-corrected chi connectivity index (χ2v) is 7.04. The van der Waals surface area contributed by atoms with Gasteiger partial charge in [-0.05, 0) is 49.4 Å². The van der Waals surface area contributed by atoms with Gasteiger partial charge in [-0.25, -0.2) is 0 Å². The third kappa shape index (κ3) is 3.24. The molecule has 2 aliphatic rings. The summed E-state index contributed by atoms with van der Waals surface area (Å²) in [5.74, 6) is 2.11. The zero-order valence-corrected chi connectivity index (χ0v) is 14.5. The zero-order valence-electron chi connectivity index (χ0n) is 14.5. The molecule has 0 N–H and O–H groups in total. The summed E-state index contributed by atoms with van der Waals surface area (Å²) < 4.78 is 5.24. The first-order valence-electron chi connectivity index (χ1n) is 9.23. The molecule has 1 saturated heterocycles. The first kappa shape index (κ1) is 16.4. The maximum atomic E-state index is 12.8. The van der Waals surface area contributed by atoms with E-state index >= 15 is 0 Å². The molecule has 0 spiro atoms. The van der Waals surface area contributed by atoms with E-state index in [1.54, 1.807) is 7.11 Å². The van der Waals surface area contributed by atoms with Gasteiger partial charge in [0.05, 0.1) is 19.1 Å². The molecule has 3 heteroatoms. The number of methoxy groups -OCH3 is 1. The molecule has 1 aromatic rings. The lowest BCUT2D eigenvalue weighted by atomic mass is 9.71. The van der Waals surface area contributed by atoms with Crippen LogP contribution >= 0.6 is 0 Å². The fourth-order valence-electron chi connectivity index (χ4n) is 4.34. The minimum absolute atomic E-state index is 0.250.